The molecule has 2 aromatic heterocycles. The van der Waals surface area contributed by atoms with E-state index in [0.29, 0.717) is 33.9 Å². The van der Waals surface area contributed by atoms with Crippen LogP contribution in [0.2, 0.25) is 0 Å². The maximum Gasteiger partial charge on any atom is 0.273 e. The molecular weight excluding hydrogens is 398 g/mol. The predicted molar refractivity (Wildman–Crippen MR) is 117 cm³/mol. The minimum absolute atomic E-state index is 0.0678. The van der Waals surface area contributed by atoms with Crippen molar-refractivity contribution in [1.82, 2.24) is 15.0 Å². The molecule has 0 aliphatic heterocycles. The average Bonchev–Trinajstić information content (AvgIpc) is 2.80. The number of pyridine rings is 1. The highest BCUT2D eigenvalue weighted by molar-refractivity contribution is 6.05. The molecule has 0 saturated heterocycles. The number of amides is 1. The van der Waals surface area contributed by atoms with Crippen LogP contribution in [0.4, 0.5) is 17.2 Å². The van der Waals surface area contributed by atoms with E-state index in [4.69, 9.17) is 9.47 Å². The van der Waals surface area contributed by atoms with Gasteiger partial charge in [0.2, 0.25) is 0 Å². The fourth-order valence-electron chi connectivity index (χ4n) is 3.04. The average molecular weight is 417 g/mol. The summed E-state index contributed by atoms with van der Waals surface area (Å²) in [5.41, 5.74) is 1.07. The maximum absolute atomic E-state index is 12.7. The highest BCUT2D eigenvalue weighted by Gasteiger charge is 2.14. The molecule has 0 fully saturated rings. The normalized spacial score (nSPS) is 10.5. The van der Waals surface area contributed by atoms with Crippen molar-refractivity contribution in [3.05, 3.63) is 76.8 Å². The Bertz CT molecular complexity index is 1300. The molecule has 0 spiro atoms. The van der Waals surface area contributed by atoms with Crippen LogP contribution in [0.1, 0.15) is 10.4 Å². The number of ether oxygens (including phenoxy) is 2. The summed E-state index contributed by atoms with van der Waals surface area (Å²) in [5.74, 6) is 0.927. The Morgan fingerprint density at radius 2 is 1.74 bits per heavy atom. The van der Waals surface area contributed by atoms with Crippen LogP contribution in [0.15, 0.2) is 65.7 Å². The third kappa shape index (κ3) is 4.15. The number of methoxy groups -OCH3 is 2. The molecule has 156 valence electrons. The molecule has 0 saturated carbocycles. The van der Waals surface area contributed by atoms with Crippen LogP contribution in [-0.2, 0) is 0 Å². The fraction of sp³-hybridized carbons (Fsp3) is 0.0909. The number of aromatic amines is 1. The van der Waals surface area contributed by atoms with Gasteiger partial charge in [0, 0.05) is 11.3 Å². The Morgan fingerprint density at radius 3 is 2.48 bits per heavy atom. The van der Waals surface area contributed by atoms with E-state index in [0.717, 1.165) is 5.69 Å². The number of nitrogens with zero attached hydrogens (tertiary/aromatic N) is 2. The number of para-hydroxylation sites is 1. The lowest BCUT2D eigenvalue weighted by atomic mass is 10.2. The van der Waals surface area contributed by atoms with Gasteiger partial charge in [-0.25, -0.2) is 9.97 Å². The number of hydrogen-bond donors (Lipinski definition) is 3. The van der Waals surface area contributed by atoms with Crippen molar-refractivity contribution < 1.29 is 14.3 Å². The minimum Gasteiger partial charge on any atom is -0.493 e. The second-order valence-corrected chi connectivity index (χ2v) is 6.51. The summed E-state index contributed by atoms with van der Waals surface area (Å²) in [6, 6.07) is 15.7. The molecule has 4 rings (SSSR count). The van der Waals surface area contributed by atoms with E-state index < -0.39 is 11.5 Å². The molecule has 0 atom stereocenters. The Labute approximate surface area is 177 Å². The quantitative estimate of drug-likeness (QED) is 0.440. The summed E-state index contributed by atoms with van der Waals surface area (Å²) in [4.78, 5) is 36.3. The first-order chi connectivity index (χ1) is 15.1. The second kappa shape index (κ2) is 8.54. The van der Waals surface area contributed by atoms with Gasteiger partial charge >= 0.3 is 0 Å². The summed E-state index contributed by atoms with van der Waals surface area (Å²) in [5, 5.41) is 6.38. The lowest BCUT2D eigenvalue weighted by molar-refractivity contribution is 0.102. The molecule has 3 N–H and O–H groups in total. The Balaban J connectivity index is 1.68. The first-order valence-corrected chi connectivity index (χ1v) is 9.32. The molecule has 31 heavy (non-hydrogen) atoms. The maximum atomic E-state index is 12.7. The van der Waals surface area contributed by atoms with E-state index in [1.807, 2.05) is 30.3 Å². The van der Waals surface area contributed by atoms with Crippen molar-refractivity contribution in [2.45, 2.75) is 0 Å². The van der Waals surface area contributed by atoms with Gasteiger partial charge in [-0.05, 0) is 36.4 Å². The molecule has 4 aromatic rings. The van der Waals surface area contributed by atoms with Crippen molar-refractivity contribution in [2.24, 2.45) is 0 Å². The molecule has 0 aliphatic carbocycles. The van der Waals surface area contributed by atoms with Crippen molar-refractivity contribution in [3.63, 3.8) is 0 Å². The van der Waals surface area contributed by atoms with Gasteiger partial charge in [0.15, 0.2) is 11.5 Å². The summed E-state index contributed by atoms with van der Waals surface area (Å²) in [6.07, 6.45) is 1.35. The SMILES string of the molecule is COc1ccc(C(=O)Nc2cc3c(Nc4ccccc4)ncnc3[nH]c2=O)cc1OC. The number of rotatable bonds is 6. The number of carbonyl (C=O) groups excluding carboxylic acids is 1. The van der Waals surface area contributed by atoms with Gasteiger partial charge in [0.25, 0.3) is 11.5 Å². The lowest BCUT2D eigenvalue weighted by Gasteiger charge is -2.11. The van der Waals surface area contributed by atoms with E-state index in [1.165, 1.54) is 32.7 Å². The van der Waals surface area contributed by atoms with Gasteiger partial charge in [0.05, 0.1) is 19.6 Å². The molecule has 0 bridgehead atoms. The van der Waals surface area contributed by atoms with Crippen molar-refractivity contribution >= 4 is 34.1 Å². The molecule has 2 aromatic carbocycles. The number of H-pyrrole nitrogens is 1. The van der Waals surface area contributed by atoms with Gasteiger partial charge in [-0.1, -0.05) is 18.2 Å². The molecule has 0 aliphatic rings. The Hall–Kier alpha value is -4.40. The zero-order chi connectivity index (χ0) is 21.8. The summed E-state index contributed by atoms with van der Waals surface area (Å²) < 4.78 is 10.4. The monoisotopic (exact) mass is 417 g/mol. The first-order valence-electron chi connectivity index (χ1n) is 9.32. The minimum atomic E-state index is -0.481. The van der Waals surface area contributed by atoms with E-state index in [-0.39, 0.29) is 5.69 Å². The lowest BCUT2D eigenvalue weighted by Crippen LogP contribution is -2.20. The summed E-state index contributed by atoms with van der Waals surface area (Å²) in [7, 11) is 2.99. The zero-order valence-electron chi connectivity index (χ0n) is 16.8. The largest absolute Gasteiger partial charge is 0.493 e. The number of fused-ring (bicyclic) bond motifs is 1. The number of nitrogens with one attached hydrogen (secondary N) is 3. The van der Waals surface area contributed by atoms with Crippen molar-refractivity contribution in [1.29, 1.82) is 0 Å². The zero-order valence-corrected chi connectivity index (χ0v) is 16.8. The van der Waals surface area contributed by atoms with E-state index >= 15 is 0 Å². The molecule has 0 radical (unpaired) electrons. The molecule has 9 heteroatoms. The standard InChI is InChI=1S/C22H19N5O4/c1-30-17-9-8-13(10-18(17)31-2)21(28)26-16-11-15-19(25-14-6-4-3-5-7-14)23-12-24-20(15)27-22(16)29/h3-12H,1-2H3,(H,26,28)(H2,23,24,25,27,29). The van der Waals surface area contributed by atoms with Gasteiger partial charge in [-0.15, -0.1) is 0 Å². The number of aromatic nitrogens is 3. The van der Waals surface area contributed by atoms with Gasteiger partial charge < -0.3 is 25.1 Å². The van der Waals surface area contributed by atoms with E-state index in [1.54, 1.807) is 12.1 Å². The molecule has 1 amide bonds. The molecule has 2 heterocycles. The third-order valence-electron chi connectivity index (χ3n) is 4.58. The van der Waals surface area contributed by atoms with Crippen LogP contribution in [0.25, 0.3) is 11.0 Å². The second-order valence-electron chi connectivity index (χ2n) is 6.51. The number of hydrogen-bond acceptors (Lipinski definition) is 7. The van der Waals surface area contributed by atoms with Crippen LogP contribution in [0.5, 0.6) is 11.5 Å². The summed E-state index contributed by atoms with van der Waals surface area (Å²) in [6.45, 7) is 0. The van der Waals surface area contributed by atoms with E-state index in [9.17, 15) is 9.59 Å². The van der Waals surface area contributed by atoms with Crippen LogP contribution in [0, 0.1) is 0 Å². The van der Waals surface area contributed by atoms with Crippen LogP contribution in [0.3, 0.4) is 0 Å². The fourth-order valence-corrected chi connectivity index (χ4v) is 3.04. The number of anilines is 3. The van der Waals surface area contributed by atoms with Crippen molar-refractivity contribution in [3.8, 4) is 11.5 Å². The Kier molecular flexibility index (Phi) is 5.48. The van der Waals surface area contributed by atoms with Crippen molar-refractivity contribution in [2.75, 3.05) is 24.9 Å². The van der Waals surface area contributed by atoms with Gasteiger partial charge in [-0.2, -0.15) is 0 Å². The van der Waals surface area contributed by atoms with Crippen LogP contribution >= 0.6 is 0 Å². The van der Waals surface area contributed by atoms with Crippen LogP contribution in [-0.4, -0.2) is 35.1 Å². The third-order valence-corrected chi connectivity index (χ3v) is 4.58. The van der Waals surface area contributed by atoms with Gasteiger partial charge in [-0.3, -0.25) is 9.59 Å². The number of carbonyl (C=O) groups is 1. The smallest absolute Gasteiger partial charge is 0.273 e. The molecule has 9 nitrogen and oxygen atoms in total. The number of benzene rings is 2. The topological polar surface area (TPSA) is 118 Å². The summed E-state index contributed by atoms with van der Waals surface area (Å²) >= 11 is 0. The molecular formula is C22H19N5O4. The van der Waals surface area contributed by atoms with Crippen LogP contribution < -0.4 is 25.7 Å². The van der Waals surface area contributed by atoms with Gasteiger partial charge in [0.1, 0.15) is 23.5 Å². The Morgan fingerprint density at radius 1 is 0.968 bits per heavy atom. The highest BCUT2D eigenvalue weighted by atomic mass is 16.5. The highest BCUT2D eigenvalue weighted by Crippen LogP contribution is 2.28. The van der Waals surface area contributed by atoms with E-state index in [2.05, 4.69) is 25.6 Å². The predicted octanol–water partition coefficient (Wildman–Crippen LogP) is 3.33. The first kappa shape index (κ1) is 19.9. The molecule has 0 unspecified atom stereocenters.